The van der Waals surface area contributed by atoms with Crippen molar-refractivity contribution in [2.45, 2.75) is 31.0 Å². The Bertz CT molecular complexity index is 189. The van der Waals surface area contributed by atoms with Crippen LogP contribution in [0, 0.1) is 5.92 Å². The van der Waals surface area contributed by atoms with Crippen molar-refractivity contribution in [1.29, 1.82) is 0 Å². The van der Waals surface area contributed by atoms with Gasteiger partial charge >= 0.3 is 0 Å². The number of Topliss-reactive ketones (excluding diaryl/α,β-unsaturated/α-hetero) is 1. The first-order valence-electron chi connectivity index (χ1n) is 3.58. The minimum Gasteiger partial charge on any atom is -0.385 e. The molecule has 2 fully saturated rings. The Morgan fingerprint density at radius 2 is 2.30 bits per heavy atom. The summed E-state index contributed by atoms with van der Waals surface area (Å²) >= 11 is 0. The van der Waals surface area contributed by atoms with E-state index in [1.54, 1.807) is 0 Å². The lowest BCUT2D eigenvalue weighted by atomic mass is 9.94. The number of carbonyl (C=O) groups is 1. The highest BCUT2D eigenvalue weighted by atomic mass is 16.3. The van der Waals surface area contributed by atoms with Crippen LogP contribution in [-0.4, -0.2) is 27.7 Å². The van der Waals surface area contributed by atoms with Crippen LogP contribution in [0.4, 0.5) is 0 Å². The van der Waals surface area contributed by atoms with Gasteiger partial charge in [-0.25, -0.2) is 0 Å². The van der Waals surface area contributed by atoms with Crippen LogP contribution in [0.3, 0.4) is 0 Å². The summed E-state index contributed by atoms with van der Waals surface area (Å²) in [6.45, 7) is 0. The van der Waals surface area contributed by atoms with Crippen molar-refractivity contribution in [3.63, 3.8) is 0 Å². The monoisotopic (exact) mass is 142 g/mol. The maximum absolute atomic E-state index is 11.0. The molecule has 0 spiro atoms. The third-order valence-electron chi connectivity index (χ3n) is 2.70. The Balaban J connectivity index is 2.34. The second-order valence-electron chi connectivity index (χ2n) is 3.34. The van der Waals surface area contributed by atoms with E-state index in [4.69, 9.17) is 5.11 Å². The van der Waals surface area contributed by atoms with E-state index in [1.165, 1.54) is 0 Å². The lowest BCUT2D eigenvalue weighted by Gasteiger charge is -2.19. The molecule has 2 aliphatic rings. The van der Waals surface area contributed by atoms with Crippen molar-refractivity contribution in [1.82, 2.24) is 0 Å². The zero-order valence-electron chi connectivity index (χ0n) is 5.58. The molecule has 3 atom stereocenters. The molecule has 3 unspecified atom stereocenters. The Labute approximate surface area is 58.7 Å². The summed E-state index contributed by atoms with van der Waals surface area (Å²) in [7, 11) is 0. The molecule has 0 radical (unpaired) electrons. The molecule has 56 valence electrons. The van der Waals surface area contributed by atoms with Crippen molar-refractivity contribution in [3.8, 4) is 0 Å². The van der Waals surface area contributed by atoms with Gasteiger partial charge in [0.25, 0.3) is 0 Å². The van der Waals surface area contributed by atoms with Crippen molar-refractivity contribution >= 4 is 5.78 Å². The van der Waals surface area contributed by atoms with Gasteiger partial charge in [0, 0.05) is 0 Å². The molecule has 0 aromatic rings. The van der Waals surface area contributed by atoms with E-state index in [1.807, 2.05) is 0 Å². The summed E-state index contributed by atoms with van der Waals surface area (Å²) in [6, 6.07) is 0. The van der Waals surface area contributed by atoms with Crippen molar-refractivity contribution in [3.05, 3.63) is 0 Å². The maximum atomic E-state index is 11.0. The van der Waals surface area contributed by atoms with Crippen molar-refractivity contribution < 1.29 is 15.0 Å². The van der Waals surface area contributed by atoms with Crippen LogP contribution in [-0.2, 0) is 4.79 Å². The van der Waals surface area contributed by atoms with Gasteiger partial charge in [-0.2, -0.15) is 0 Å². The Morgan fingerprint density at radius 3 is 2.60 bits per heavy atom. The van der Waals surface area contributed by atoms with Gasteiger partial charge in [-0.3, -0.25) is 4.79 Å². The molecule has 0 amide bonds. The van der Waals surface area contributed by atoms with Gasteiger partial charge in [0.05, 0.1) is 0 Å². The van der Waals surface area contributed by atoms with E-state index >= 15 is 0 Å². The van der Waals surface area contributed by atoms with E-state index in [2.05, 4.69) is 0 Å². The van der Waals surface area contributed by atoms with Crippen LogP contribution < -0.4 is 0 Å². The molecule has 2 rings (SSSR count). The van der Waals surface area contributed by atoms with Gasteiger partial charge in [0.2, 0.25) is 0 Å². The summed E-state index contributed by atoms with van der Waals surface area (Å²) in [5, 5.41) is 18.6. The number of aliphatic hydroxyl groups is 2. The Hall–Kier alpha value is -0.410. The number of rotatable bonds is 0. The average molecular weight is 142 g/mol. The number of hydrogen-bond acceptors (Lipinski definition) is 3. The van der Waals surface area contributed by atoms with Crippen LogP contribution in [0.15, 0.2) is 0 Å². The molecule has 2 bridgehead atoms. The number of fused-ring (bicyclic) bond motifs is 2. The smallest absolute Gasteiger partial charge is 0.192 e. The van der Waals surface area contributed by atoms with Crippen LogP contribution in [0.1, 0.15) is 19.3 Å². The minimum atomic E-state index is -1.15. The molecule has 3 nitrogen and oxygen atoms in total. The van der Waals surface area contributed by atoms with Gasteiger partial charge in [-0.1, -0.05) is 0 Å². The predicted octanol–water partition coefficient (Wildman–Crippen LogP) is -0.539. The first kappa shape index (κ1) is 6.31. The van der Waals surface area contributed by atoms with Gasteiger partial charge in [0.1, 0.15) is 11.7 Å². The zero-order valence-corrected chi connectivity index (χ0v) is 5.58. The summed E-state index contributed by atoms with van der Waals surface area (Å²) in [4.78, 5) is 11.0. The molecule has 2 aliphatic carbocycles. The van der Waals surface area contributed by atoms with Crippen LogP contribution >= 0.6 is 0 Å². The van der Waals surface area contributed by atoms with Crippen LogP contribution in [0.2, 0.25) is 0 Å². The molecular weight excluding hydrogens is 132 g/mol. The van der Waals surface area contributed by atoms with Crippen LogP contribution in [0.25, 0.3) is 0 Å². The van der Waals surface area contributed by atoms with Gasteiger partial charge in [0.15, 0.2) is 5.78 Å². The fourth-order valence-corrected chi connectivity index (χ4v) is 2.04. The lowest BCUT2D eigenvalue weighted by molar-refractivity contribution is -0.142. The summed E-state index contributed by atoms with van der Waals surface area (Å²) in [6.07, 6.45) is 0.947. The Kier molecular flexibility index (Phi) is 1.01. The molecule has 10 heavy (non-hydrogen) atoms. The van der Waals surface area contributed by atoms with E-state index in [0.717, 1.165) is 6.42 Å². The molecular formula is C7H10O3. The number of ketones is 1. The molecule has 2 N–H and O–H groups in total. The summed E-state index contributed by atoms with van der Waals surface area (Å²) < 4.78 is 0. The summed E-state index contributed by atoms with van der Waals surface area (Å²) in [5.41, 5.74) is -1.15. The van der Waals surface area contributed by atoms with Gasteiger partial charge < -0.3 is 10.2 Å². The molecule has 0 saturated heterocycles. The van der Waals surface area contributed by atoms with Gasteiger partial charge in [-0.15, -0.1) is 0 Å². The molecule has 3 heteroatoms. The minimum absolute atomic E-state index is 0.0394. The second-order valence-corrected chi connectivity index (χ2v) is 3.34. The molecule has 0 aromatic heterocycles. The molecule has 0 heterocycles. The largest absolute Gasteiger partial charge is 0.385 e. The Morgan fingerprint density at radius 1 is 1.60 bits per heavy atom. The number of carbonyl (C=O) groups excluding carboxylic acids is 1. The number of hydrogen-bond donors (Lipinski definition) is 2. The van der Waals surface area contributed by atoms with Crippen molar-refractivity contribution in [2.24, 2.45) is 5.92 Å². The van der Waals surface area contributed by atoms with Crippen molar-refractivity contribution in [2.75, 3.05) is 0 Å². The SMILES string of the molecule is O=C1C(O)C2CCC1(O)C2. The topological polar surface area (TPSA) is 57.5 Å². The third-order valence-corrected chi connectivity index (χ3v) is 2.70. The predicted molar refractivity (Wildman–Crippen MR) is 33.3 cm³/mol. The number of aliphatic hydroxyl groups excluding tert-OH is 1. The highest BCUT2D eigenvalue weighted by Crippen LogP contribution is 2.45. The highest BCUT2D eigenvalue weighted by molar-refractivity contribution is 5.94. The third kappa shape index (κ3) is 0.545. The van der Waals surface area contributed by atoms with E-state index in [-0.39, 0.29) is 11.7 Å². The lowest BCUT2D eigenvalue weighted by Crippen LogP contribution is -2.39. The molecule has 0 aliphatic heterocycles. The quantitative estimate of drug-likeness (QED) is 0.477. The van der Waals surface area contributed by atoms with E-state index < -0.39 is 11.7 Å². The van der Waals surface area contributed by atoms with E-state index in [9.17, 15) is 9.90 Å². The first-order chi connectivity index (χ1) is 4.63. The van der Waals surface area contributed by atoms with Crippen LogP contribution in [0.5, 0.6) is 0 Å². The molecule has 0 aromatic carbocycles. The summed E-state index contributed by atoms with van der Waals surface area (Å²) in [5.74, 6) is -0.318. The average Bonchev–Trinajstić information content (AvgIpc) is 2.35. The normalized spacial score (nSPS) is 52.4. The standard InChI is InChI=1S/C7H10O3/c8-5-4-1-2-7(10,3-4)6(5)9/h4-5,8,10H,1-3H2. The first-order valence-corrected chi connectivity index (χ1v) is 3.58. The fourth-order valence-electron chi connectivity index (χ4n) is 2.04. The fraction of sp³-hybridized carbons (Fsp3) is 0.857. The highest BCUT2D eigenvalue weighted by Gasteiger charge is 2.56. The maximum Gasteiger partial charge on any atom is 0.192 e. The molecule has 2 saturated carbocycles. The second kappa shape index (κ2) is 1.60. The zero-order chi connectivity index (χ0) is 7.35. The van der Waals surface area contributed by atoms with Gasteiger partial charge in [-0.05, 0) is 25.2 Å². The van der Waals surface area contributed by atoms with E-state index in [0.29, 0.717) is 12.8 Å².